The van der Waals surface area contributed by atoms with Crippen LogP contribution in [-0.2, 0) is 0 Å². The third kappa shape index (κ3) is 2.58. The molecule has 0 fully saturated rings. The van der Waals surface area contributed by atoms with Crippen molar-refractivity contribution in [2.45, 2.75) is 19.9 Å². The molecule has 0 radical (unpaired) electrons. The number of furan rings is 1. The average molecular weight is 232 g/mol. The van der Waals surface area contributed by atoms with E-state index in [1.54, 1.807) is 13.3 Å². The van der Waals surface area contributed by atoms with E-state index in [1.807, 2.05) is 38.1 Å². The van der Waals surface area contributed by atoms with Gasteiger partial charge < -0.3 is 14.5 Å². The molecule has 2 heterocycles. The highest BCUT2D eigenvalue weighted by Gasteiger charge is 2.12. The molecule has 2 aromatic heterocycles. The standard InChI is InChI=1S/C13H16N2O2/c1-9-6-7-11(17-9)10(2)15-13-12(16-3)5-4-8-14-13/h4-8,10H,1-3H3,(H,14,15). The van der Waals surface area contributed by atoms with Gasteiger partial charge in [-0.3, -0.25) is 0 Å². The van der Waals surface area contributed by atoms with Crippen molar-refractivity contribution in [2.75, 3.05) is 12.4 Å². The molecule has 0 aliphatic rings. The summed E-state index contributed by atoms with van der Waals surface area (Å²) in [6.45, 7) is 3.95. The van der Waals surface area contributed by atoms with Crippen molar-refractivity contribution in [3.63, 3.8) is 0 Å². The first-order chi connectivity index (χ1) is 8.20. The Bertz CT molecular complexity index is 494. The molecule has 0 saturated heterocycles. The molecule has 4 heteroatoms. The van der Waals surface area contributed by atoms with E-state index in [0.717, 1.165) is 23.1 Å². The van der Waals surface area contributed by atoms with Crippen LogP contribution in [0.25, 0.3) is 0 Å². The number of hydrogen-bond acceptors (Lipinski definition) is 4. The summed E-state index contributed by atoms with van der Waals surface area (Å²) in [7, 11) is 1.63. The number of rotatable bonds is 4. The van der Waals surface area contributed by atoms with Crippen molar-refractivity contribution >= 4 is 5.82 Å². The van der Waals surface area contributed by atoms with E-state index >= 15 is 0 Å². The maximum Gasteiger partial charge on any atom is 0.169 e. The molecule has 0 spiro atoms. The highest BCUT2D eigenvalue weighted by molar-refractivity contribution is 5.50. The highest BCUT2D eigenvalue weighted by atomic mass is 16.5. The number of aryl methyl sites for hydroxylation is 1. The first-order valence-corrected chi connectivity index (χ1v) is 5.52. The van der Waals surface area contributed by atoms with Crippen molar-refractivity contribution in [1.82, 2.24) is 4.98 Å². The number of aromatic nitrogens is 1. The molecular weight excluding hydrogens is 216 g/mol. The van der Waals surface area contributed by atoms with Crippen molar-refractivity contribution in [3.05, 3.63) is 42.0 Å². The van der Waals surface area contributed by atoms with Gasteiger partial charge in [-0.2, -0.15) is 0 Å². The molecule has 17 heavy (non-hydrogen) atoms. The predicted octanol–water partition coefficient (Wildman–Crippen LogP) is 3.16. The molecule has 0 saturated carbocycles. The average Bonchev–Trinajstić information content (AvgIpc) is 2.77. The summed E-state index contributed by atoms with van der Waals surface area (Å²) in [5.41, 5.74) is 0. The lowest BCUT2D eigenvalue weighted by Crippen LogP contribution is -2.08. The Balaban J connectivity index is 2.15. The lowest BCUT2D eigenvalue weighted by atomic mass is 10.2. The molecule has 2 aromatic rings. The Morgan fingerprint density at radius 2 is 2.18 bits per heavy atom. The molecule has 90 valence electrons. The molecule has 1 unspecified atom stereocenters. The summed E-state index contributed by atoms with van der Waals surface area (Å²) >= 11 is 0. The van der Waals surface area contributed by atoms with E-state index in [1.165, 1.54) is 0 Å². The molecular formula is C13H16N2O2. The summed E-state index contributed by atoms with van der Waals surface area (Å²) in [6.07, 6.45) is 1.73. The van der Waals surface area contributed by atoms with Crippen LogP contribution in [0.4, 0.5) is 5.82 Å². The molecule has 0 aromatic carbocycles. The minimum absolute atomic E-state index is 0.0486. The van der Waals surface area contributed by atoms with Gasteiger partial charge in [-0.1, -0.05) is 0 Å². The van der Waals surface area contributed by atoms with Crippen molar-refractivity contribution in [2.24, 2.45) is 0 Å². The Kier molecular flexibility index (Phi) is 3.32. The Morgan fingerprint density at radius 3 is 2.82 bits per heavy atom. The maximum atomic E-state index is 5.56. The fourth-order valence-corrected chi connectivity index (χ4v) is 1.63. The van der Waals surface area contributed by atoms with E-state index < -0.39 is 0 Å². The van der Waals surface area contributed by atoms with E-state index in [0.29, 0.717) is 0 Å². The van der Waals surface area contributed by atoms with Crippen LogP contribution in [-0.4, -0.2) is 12.1 Å². The van der Waals surface area contributed by atoms with Crippen molar-refractivity contribution in [1.29, 1.82) is 0 Å². The van der Waals surface area contributed by atoms with Crippen LogP contribution < -0.4 is 10.1 Å². The zero-order chi connectivity index (χ0) is 12.3. The van der Waals surface area contributed by atoms with E-state index in [9.17, 15) is 0 Å². The minimum atomic E-state index is 0.0486. The topological polar surface area (TPSA) is 47.3 Å². The molecule has 0 bridgehead atoms. The van der Waals surface area contributed by atoms with Gasteiger partial charge in [-0.15, -0.1) is 0 Å². The number of pyridine rings is 1. The summed E-state index contributed by atoms with van der Waals surface area (Å²) in [5.74, 6) is 3.23. The first kappa shape index (κ1) is 11.5. The normalized spacial score (nSPS) is 12.2. The largest absolute Gasteiger partial charge is 0.493 e. The molecule has 0 aliphatic heterocycles. The fraction of sp³-hybridized carbons (Fsp3) is 0.308. The second-order valence-electron chi connectivity index (χ2n) is 3.87. The van der Waals surface area contributed by atoms with Crippen molar-refractivity contribution in [3.8, 4) is 5.75 Å². The molecule has 1 N–H and O–H groups in total. The van der Waals surface area contributed by atoms with Crippen LogP contribution in [0.5, 0.6) is 5.75 Å². The van der Waals surface area contributed by atoms with Gasteiger partial charge in [0.1, 0.15) is 11.5 Å². The molecule has 2 rings (SSSR count). The van der Waals surface area contributed by atoms with Crippen LogP contribution in [0.1, 0.15) is 24.5 Å². The van der Waals surface area contributed by atoms with Gasteiger partial charge >= 0.3 is 0 Å². The summed E-state index contributed by atoms with van der Waals surface area (Å²) < 4.78 is 10.8. The zero-order valence-electron chi connectivity index (χ0n) is 10.2. The Morgan fingerprint density at radius 1 is 1.35 bits per heavy atom. The SMILES string of the molecule is COc1cccnc1NC(C)c1ccc(C)o1. The van der Waals surface area contributed by atoms with Crippen LogP contribution in [0.3, 0.4) is 0 Å². The zero-order valence-corrected chi connectivity index (χ0v) is 10.2. The lowest BCUT2D eigenvalue weighted by Gasteiger charge is -2.14. The van der Waals surface area contributed by atoms with Crippen LogP contribution in [0.2, 0.25) is 0 Å². The van der Waals surface area contributed by atoms with Crippen LogP contribution >= 0.6 is 0 Å². The predicted molar refractivity (Wildman–Crippen MR) is 66.3 cm³/mol. The number of anilines is 1. The number of nitrogens with one attached hydrogen (secondary N) is 1. The number of ether oxygens (including phenoxy) is 1. The monoisotopic (exact) mass is 232 g/mol. The molecule has 0 aliphatic carbocycles. The van der Waals surface area contributed by atoms with Gasteiger partial charge in [-0.05, 0) is 38.1 Å². The quantitative estimate of drug-likeness (QED) is 0.879. The summed E-state index contributed by atoms with van der Waals surface area (Å²) in [6, 6.07) is 7.67. The maximum absolute atomic E-state index is 5.56. The van der Waals surface area contributed by atoms with Gasteiger partial charge in [0.05, 0.1) is 13.2 Å². The molecule has 0 amide bonds. The van der Waals surface area contributed by atoms with Gasteiger partial charge in [0.2, 0.25) is 0 Å². The van der Waals surface area contributed by atoms with Gasteiger partial charge in [0.15, 0.2) is 11.6 Å². The highest BCUT2D eigenvalue weighted by Crippen LogP contribution is 2.26. The molecule has 1 atom stereocenters. The third-order valence-electron chi connectivity index (χ3n) is 2.53. The fourth-order valence-electron chi connectivity index (χ4n) is 1.63. The second-order valence-corrected chi connectivity index (χ2v) is 3.87. The van der Waals surface area contributed by atoms with Gasteiger partial charge in [0, 0.05) is 6.20 Å². The molecule has 4 nitrogen and oxygen atoms in total. The minimum Gasteiger partial charge on any atom is -0.493 e. The van der Waals surface area contributed by atoms with Gasteiger partial charge in [-0.25, -0.2) is 4.98 Å². The van der Waals surface area contributed by atoms with E-state index in [4.69, 9.17) is 9.15 Å². The third-order valence-corrected chi connectivity index (χ3v) is 2.53. The first-order valence-electron chi connectivity index (χ1n) is 5.52. The Labute approximate surface area is 101 Å². The Hall–Kier alpha value is -1.97. The van der Waals surface area contributed by atoms with Crippen LogP contribution in [0, 0.1) is 6.92 Å². The smallest absolute Gasteiger partial charge is 0.169 e. The number of methoxy groups -OCH3 is 1. The van der Waals surface area contributed by atoms with E-state index in [2.05, 4.69) is 10.3 Å². The summed E-state index contributed by atoms with van der Waals surface area (Å²) in [5, 5.41) is 3.26. The number of hydrogen-bond donors (Lipinski definition) is 1. The van der Waals surface area contributed by atoms with E-state index in [-0.39, 0.29) is 6.04 Å². The van der Waals surface area contributed by atoms with Crippen molar-refractivity contribution < 1.29 is 9.15 Å². The number of nitrogens with zero attached hydrogens (tertiary/aromatic N) is 1. The van der Waals surface area contributed by atoms with Gasteiger partial charge in [0.25, 0.3) is 0 Å². The second kappa shape index (κ2) is 4.91. The lowest BCUT2D eigenvalue weighted by molar-refractivity contribution is 0.413. The van der Waals surface area contributed by atoms with Crippen LogP contribution in [0.15, 0.2) is 34.9 Å². The summed E-state index contributed by atoms with van der Waals surface area (Å²) in [4.78, 5) is 4.24.